The fourth-order valence-electron chi connectivity index (χ4n) is 5.41. The molecule has 18 nitrogen and oxygen atoms in total. The lowest BCUT2D eigenvalue weighted by molar-refractivity contribution is -0.0593. The number of nitrogens with two attached hydrogens (primary N) is 2. The van der Waals surface area contributed by atoms with Gasteiger partial charge in [-0.2, -0.15) is 0 Å². The third kappa shape index (κ3) is 5.43. The normalized spacial score (nSPS) is 33.8. The van der Waals surface area contributed by atoms with Crippen LogP contribution in [0.4, 0.5) is 10.2 Å². The van der Waals surface area contributed by atoms with Gasteiger partial charge < -0.3 is 25.5 Å². The third-order valence-electron chi connectivity index (χ3n) is 7.60. The Morgan fingerprint density at radius 2 is 2.02 bits per heavy atom. The summed E-state index contributed by atoms with van der Waals surface area (Å²) in [6.45, 7) is -1.14. The van der Waals surface area contributed by atoms with E-state index in [4.69, 9.17) is 39.0 Å². The number of benzene rings is 1. The summed E-state index contributed by atoms with van der Waals surface area (Å²) in [5, 5.41) is 8.18. The number of rotatable bonds is 4. The number of hydrogen-bond donors (Lipinski definition) is 3. The standard InChI is InChI=1S/C23H24FN9O9P2S2/c1-9-12-6-38-44(36,46-45)42-18-13(40-22(14(18)24)32-8-29-16-19(25)27-7-28-21(16)32)5-37-43(35)41-17(9)23(39-12)33-11-4-2-3-10(20(26)34)15(11)30-31-33/h2-4,7-8,12-14,17-18,22-23,43,45H,1,5-6H2,(H2,26,34)(H2,25,27,28)/t12-,13-,14-,17-,18-,22-,23-,44+/m1/s1. The summed E-state index contributed by atoms with van der Waals surface area (Å²) in [6, 6.07) is 4.69. The van der Waals surface area contributed by atoms with Crippen LogP contribution in [0.25, 0.3) is 22.2 Å². The highest BCUT2D eigenvalue weighted by molar-refractivity contribution is 8.93. The Kier molecular flexibility index (Phi) is 8.41. The van der Waals surface area contributed by atoms with Gasteiger partial charge in [0.15, 0.2) is 30.1 Å². The largest absolute Gasteiger partial charge is 0.399 e. The van der Waals surface area contributed by atoms with E-state index in [1.54, 1.807) is 12.1 Å². The van der Waals surface area contributed by atoms with Crippen molar-refractivity contribution in [3.8, 4) is 0 Å². The molecule has 0 saturated carbocycles. The van der Waals surface area contributed by atoms with E-state index in [-0.39, 0.29) is 33.6 Å². The van der Waals surface area contributed by atoms with E-state index in [0.717, 1.165) is 0 Å². The van der Waals surface area contributed by atoms with Crippen LogP contribution < -0.4 is 11.5 Å². The quantitative estimate of drug-likeness (QED) is 0.119. The van der Waals surface area contributed by atoms with Crippen LogP contribution in [0.2, 0.25) is 0 Å². The molecule has 23 heteroatoms. The van der Waals surface area contributed by atoms with Crippen LogP contribution in [0.3, 0.4) is 0 Å². The molecule has 0 spiro atoms. The van der Waals surface area contributed by atoms with Crippen LogP contribution in [0.1, 0.15) is 22.8 Å². The number of primary amides is 1. The summed E-state index contributed by atoms with van der Waals surface area (Å²) in [5.41, 5.74) is 12.7. The number of halogens is 1. The van der Waals surface area contributed by atoms with Gasteiger partial charge in [-0.1, -0.05) is 29.5 Å². The molecule has 7 rings (SSSR count). The second-order valence-electron chi connectivity index (χ2n) is 10.2. The highest BCUT2D eigenvalue weighted by atomic mass is 33.3. The molecule has 0 aliphatic carbocycles. The van der Waals surface area contributed by atoms with Gasteiger partial charge in [-0.15, -0.1) is 5.10 Å². The first-order valence-electron chi connectivity index (χ1n) is 13.4. The number of aromatic nitrogens is 7. The highest BCUT2D eigenvalue weighted by Crippen LogP contribution is 2.65. The molecule has 4 aromatic rings. The van der Waals surface area contributed by atoms with E-state index in [1.807, 2.05) is 0 Å². The van der Waals surface area contributed by atoms with Gasteiger partial charge >= 0.3 is 15.1 Å². The van der Waals surface area contributed by atoms with Gasteiger partial charge in [0.2, 0.25) is 0 Å². The molecule has 0 radical (unpaired) electrons. The maximum Gasteiger partial charge on any atom is 0.399 e. The fraction of sp³-hybridized carbons (Fsp3) is 0.391. The fourth-order valence-corrected chi connectivity index (χ4v) is 8.78. The number of thiol groups is 1. The Morgan fingerprint density at radius 1 is 1.20 bits per heavy atom. The number of carbonyl (C=O) groups excluding carboxylic acids is 1. The molecule has 244 valence electrons. The first kappa shape index (κ1) is 31.6. The lowest BCUT2D eigenvalue weighted by Crippen LogP contribution is -2.33. The molecule has 3 fully saturated rings. The van der Waals surface area contributed by atoms with Crippen LogP contribution in [-0.2, 0) is 36.7 Å². The number of imidazole rings is 1. The van der Waals surface area contributed by atoms with Gasteiger partial charge in [-0.05, 0) is 17.7 Å². The third-order valence-corrected chi connectivity index (χ3v) is 12.6. The van der Waals surface area contributed by atoms with E-state index in [1.165, 1.54) is 28.0 Å². The molecule has 9 atom stereocenters. The molecule has 1 amide bonds. The van der Waals surface area contributed by atoms with Crippen LogP contribution in [0, 0.1) is 0 Å². The van der Waals surface area contributed by atoms with Crippen molar-refractivity contribution in [2.24, 2.45) is 5.73 Å². The highest BCUT2D eigenvalue weighted by Gasteiger charge is 2.52. The second kappa shape index (κ2) is 12.2. The number of nitrogen functional groups attached to an aromatic ring is 1. The van der Waals surface area contributed by atoms with Crippen LogP contribution in [-0.4, -0.2) is 84.2 Å². The Bertz CT molecular complexity index is 1930. The Morgan fingerprint density at radius 3 is 2.80 bits per heavy atom. The zero-order valence-electron chi connectivity index (χ0n) is 23.2. The number of anilines is 1. The molecular formula is C23H24FN9O9P2S2. The van der Waals surface area contributed by atoms with E-state index in [0.29, 0.717) is 15.9 Å². The van der Waals surface area contributed by atoms with Crippen molar-refractivity contribution in [3.63, 3.8) is 0 Å². The van der Waals surface area contributed by atoms with Gasteiger partial charge in [0.25, 0.3) is 5.91 Å². The summed E-state index contributed by atoms with van der Waals surface area (Å²) in [6.07, 6.45) is -6.98. The number of fused-ring (bicyclic) bond motifs is 5. The molecular weight excluding hydrogens is 691 g/mol. The Hall–Kier alpha value is -2.97. The van der Waals surface area contributed by atoms with E-state index >= 15 is 4.39 Å². The molecule has 3 aliphatic heterocycles. The Labute approximate surface area is 267 Å². The van der Waals surface area contributed by atoms with E-state index in [2.05, 4.69) is 43.5 Å². The Balaban J connectivity index is 1.20. The maximum absolute atomic E-state index is 16.1. The molecule has 46 heavy (non-hydrogen) atoms. The van der Waals surface area contributed by atoms with Gasteiger partial charge in [0.1, 0.15) is 41.8 Å². The van der Waals surface area contributed by atoms with Crippen molar-refractivity contribution in [2.45, 2.75) is 43.0 Å². The predicted molar refractivity (Wildman–Crippen MR) is 162 cm³/mol. The van der Waals surface area contributed by atoms with Crippen molar-refractivity contribution in [1.82, 2.24) is 34.5 Å². The summed E-state index contributed by atoms with van der Waals surface area (Å²) in [7, 11) is -2.93. The number of alkyl halides is 1. The first-order chi connectivity index (χ1) is 22.1. The smallest absolute Gasteiger partial charge is 0.382 e. The van der Waals surface area contributed by atoms with Gasteiger partial charge in [-0.25, -0.2) is 28.6 Å². The molecule has 1 unspecified atom stereocenters. The number of ether oxygens (including phenoxy) is 2. The molecule has 3 saturated heterocycles. The van der Waals surface area contributed by atoms with Gasteiger partial charge in [0.05, 0.1) is 30.6 Å². The van der Waals surface area contributed by atoms with Crippen molar-refractivity contribution >= 4 is 71.0 Å². The van der Waals surface area contributed by atoms with Crippen LogP contribution >= 0.6 is 37.1 Å². The minimum atomic E-state index is -4.22. The van der Waals surface area contributed by atoms with Crippen molar-refractivity contribution in [3.05, 3.63) is 48.6 Å². The first-order valence-corrected chi connectivity index (χ1v) is 18.6. The van der Waals surface area contributed by atoms with E-state index < -0.39 is 77.2 Å². The molecule has 3 aromatic heterocycles. The van der Waals surface area contributed by atoms with Crippen LogP contribution in [0.15, 0.2) is 43.0 Å². The monoisotopic (exact) mass is 715 g/mol. The zero-order chi connectivity index (χ0) is 32.3. The van der Waals surface area contributed by atoms with Gasteiger partial charge in [0, 0.05) is 10.4 Å². The lowest BCUT2D eigenvalue weighted by Gasteiger charge is -2.25. The van der Waals surface area contributed by atoms with Crippen molar-refractivity contribution in [1.29, 1.82) is 0 Å². The van der Waals surface area contributed by atoms with E-state index in [9.17, 15) is 13.9 Å². The molecule has 6 heterocycles. The molecule has 4 N–H and O–H groups in total. The minimum absolute atomic E-state index is 0.0726. The van der Waals surface area contributed by atoms with Crippen molar-refractivity contribution < 1.29 is 45.9 Å². The summed E-state index contributed by atoms with van der Waals surface area (Å²) in [5.74, 6) is -0.645. The molecule has 1 aromatic carbocycles. The average molecular weight is 716 g/mol. The topological polar surface area (TPSA) is 233 Å². The summed E-state index contributed by atoms with van der Waals surface area (Å²) < 4.78 is 80.5. The minimum Gasteiger partial charge on any atom is -0.382 e. The summed E-state index contributed by atoms with van der Waals surface area (Å²) in [4.78, 5) is 24.1. The summed E-state index contributed by atoms with van der Waals surface area (Å²) >= 11 is 4.07. The number of nitrogens with zero attached hydrogens (tertiary/aromatic N) is 7. The second-order valence-corrected chi connectivity index (χ2v) is 16.1. The number of hydrogen-bond acceptors (Lipinski definition) is 17. The van der Waals surface area contributed by atoms with Crippen molar-refractivity contribution in [2.75, 3.05) is 18.9 Å². The zero-order valence-corrected chi connectivity index (χ0v) is 26.8. The van der Waals surface area contributed by atoms with Gasteiger partial charge in [-0.3, -0.25) is 27.5 Å². The lowest BCUT2D eigenvalue weighted by atomic mass is 10.1. The SMILES string of the molecule is C=C1[C@H]2O[PH](=O)OC[C@H]3O[C@@H](n4cnc5c(N)ncnc54)[C@H](F)[C@@H]3O[P@@](=O)(SS)OC[C@H]1O[C@H]2n1nnc2c(C(N)=O)cccc21. The predicted octanol–water partition coefficient (Wildman–Crippen LogP) is 2.53. The van der Waals surface area contributed by atoms with Crippen LogP contribution in [0.5, 0.6) is 0 Å². The average Bonchev–Trinajstić information content (AvgIpc) is 3.80. The maximum atomic E-state index is 16.1. The number of carbonyl (C=O) groups is 1. The molecule has 2 bridgehead atoms. The number of amides is 1. The molecule has 3 aliphatic rings.